The number of rotatable bonds is 5. The van der Waals surface area contributed by atoms with Gasteiger partial charge < -0.3 is 16.0 Å². The number of benzene rings is 1. The Balaban J connectivity index is 0.00000176. The molecule has 0 spiro atoms. The molecule has 22 heavy (non-hydrogen) atoms. The summed E-state index contributed by atoms with van der Waals surface area (Å²) in [5, 5.41) is 4.43. The van der Waals surface area contributed by atoms with Crippen LogP contribution >= 0.6 is 24.0 Å². The number of aliphatic imine (C=N–C) groups is 1. The zero-order valence-electron chi connectivity index (χ0n) is 12.7. The van der Waals surface area contributed by atoms with E-state index in [0.717, 1.165) is 23.3 Å². The van der Waals surface area contributed by atoms with Gasteiger partial charge in [-0.1, -0.05) is 18.2 Å². The van der Waals surface area contributed by atoms with Gasteiger partial charge in [-0.25, -0.2) is 4.98 Å². The van der Waals surface area contributed by atoms with Gasteiger partial charge in [0.05, 0.1) is 12.1 Å². The van der Waals surface area contributed by atoms with Gasteiger partial charge in [0.1, 0.15) is 5.82 Å². The molecule has 3 N–H and O–H groups in total. The molecule has 1 aliphatic carbocycles. The van der Waals surface area contributed by atoms with E-state index in [4.69, 9.17) is 5.73 Å². The van der Waals surface area contributed by atoms with Crippen molar-refractivity contribution < 1.29 is 0 Å². The zero-order valence-corrected chi connectivity index (χ0v) is 15.0. The molecule has 0 aliphatic heterocycles. The van der Waals surface area contributed by atoms with Crippen LogP contribution in [0.2, 0.25) is 0 Å². The van der Waals surface area contributed by atoms with E-state index in [0.29, 0.717) is 18.5 Å². The highest BCUT2D eigenvalue weighted by molar-refractivity contribution is 14.0. The normalized spacial score (nSPS) is 14.5. The molecule has 118 valence electrons. The van der Waals surface area contributed by atoms with E-state index in [1.165, 1.54) is 12.8 Å². The molecule has 0 amide bonds. The number of anilines is 1. The fraction of sp³-hybridized carbons (Fsp3) is 0.375. The number of guanidine groups is 1. The first kappa shape index (κ1) is 16.8. The number of fused-ring (bicyclic) bond motifs is 1. The van der Waals surface area contributed by atoms with Crippen LogP contribution in [0.25, 0.3) is 10.9 Å². The van der Waals surface area contributed by atoms with E-state index in [1.807, 2.05) is 31.3 Å². The van der Waals surface area contributed by atoms with E-state index in [9.17, 15) is 0 Å². The van der Waals surface area contributed by atoms with Gasteiger partial charge in [-0.3, -0.25) is 4.99 Å². The molecular weight excluding hydrogens is 389 g/mol. The summed E-state index contributed by atoms with van der Waals surface area (Å²) < 4.78 is 0. The summed E-state index contributed by atoms with van der Waals surface area (Å²) in [4.78, 5) is 11.0. The van der Waals surface area contributed by atoms with Gasteiger partial charge in [-0.05, 0) is 31.0 Å². The molecule has 1 aromatic heterocycles. The Morgan fingerprint density at radius 1 is 1.32 bits per heavy atom. The van der Waals surface area contributed by atoms with Crippen LogP contribution in [-0.4, -0.2) is 42.0 Å². The van der Waals surface area contributed by atoms with Crippen LogP contribution < -0.4 is 11.1 Å². The van der Waals surface area contributed by atoms with Gasteiger partial charge in [-0.15, -0.1) is 24.0 Å². The van der Waals surface area contributed by atoms with Crippen molar-refractivity contribution in [1.82, 2.24) is 9.88 Å². The van der Waals surface area contributed by atoms with Crippen molar-refractivity contribution in [3.05, 3.63) is 36.4 Å². The maximum atomic E-state index is 5.94. The molecule has 0 saturated heterocycles. The topological polar surface area (TPSA) is 66.5 Å². The van der Waals surface area contributed by atoms with Crippen molar-refractivity contribution in [2.75, 3.05) is 25.5 Å². The van der Waals surface area contributed by atoms with Crippen LogP contribution in [0, 0.1) is 0 Å². The quantitative estimate of drug-likeness (QED) is 0.344. The number of halogens is 1. The lowest BCUT2D eigenvalue weighted by molar-refractivity contribution is 0.488. The smallest absolute Gasteiger partial charge is 0.191 e. The molecule has 5 nitrogen and oxygen atoms in total. The summed E-state index contributed by atoms with van der Waals surface area (Å²) >= 11 is 0. The van der Waals surface area contributed by atoms with Crippen molar-refractivity contribution >= 4 is 46.7 Å². The Hall–Kier alpha value is -1.57. The third-order valence-corrected chi connectivity index (χ3v) is 3.75. The summed E-state index contributed by atoms with van der Waals surface area (Å²) in [7, 11) is 2.01. The van der Waals surface area contributed by atoms with Crippen molar-refractivity contribution in [3.8, 4) is 0 Å². The molecule has 1 saturated carbocycles. The van der Waals surface area contributed by atoms with Gasteiger partial charge in [-0.2, -0.15) is 0 Å². The second-order valence-electron chi connectivity index (χ2n) is 5.40. The average Bonchev–Trinajstić information content (AvgIpc) is 3.35. The SMILES string of the molecule is CN(C(N)=NCCNc1ccc2ccccc2n1)C1CC1.I. The largest absolute Gasteiger partial charge is 0.370 e. The summed E-state index contributed by atoms with van der Waals surface area (Å²) in [6.45, 7) is 1.38. The number of pyridine rings is 1. The van der Waals surface area contributed by atoms with Crippen LogP contribution in [0.1, 0.15) is 12.8 Å². The molecule has 3 rings (SSSR count). The minimum Gasteiger partial charge on any atom is -0.370 e. The molecule has 1 aliphatic rings. The molecule has 1 heterocycles. The molecule has 0 radical (unpaired) electrons. The van der Waals surface area contributed by atoms with Crippen molar-refractivity contribution in [1.29, 1.82) is 0 Å². The lowest BCUT2D eigenvalue weighted by Crippen LogP contribution is -2.36. The minimum atomic E-state index is 0. The monoisotopic (exact) mass is 411 g/mol. The summed E-state index contributed by atoms with van der Waals surface area (Å²) in [6, 6.07) is 12.8. The Kier molecular flexibility index (Phi) is 5.82. The first-order valence-electron chi connectivity index (χ1n) is 7.36. The fourth-order valence-electron chi connectivity index (χ4n) is 2.28. The number of hydrogen-bond donors (Lipinski definition) is 2. The lowest BCUT2D eigenvalue weighted by atomic mass is 10.2. The second kappa shape index (κ2) is 7.62. The molecule has 2 aromatic rings. The first-order valence-corrected chi connectivity index (χ1v) is 7.36. The Bertz CT molecular complexity index is 654. The molecule has 1 fully saturated rings. The average molecular weight is 411 g/mol. The summed E-state index contributed by atoms with van der Waals surface area (Å²) in [5.41, 5.74) is 6.94. The van der Waals surface area contributed by atoms with Crippen molar-refractivity contribution in [3.63, 3.8) is 0 Å². The number of para-hydroxylation sites is 1. The predicted molar refractivity (Wildman–Crippen MR) is 103 cm³/mol. The van der Waals surface area contributed by atoms with Gasteiger partial charge in [0, 0.05) is 25.0 Å². The standard InChI is InChI=1S/C16H21N5.HI/c1-21(13-7-8-13)16(17)19-11-10-18-15-9-6-12-4-2-3-5-14(12)20-15;/h2-6,9,13H,7-8,10-11H2,1H3,(H2,17,19)(H,18,20);1H. The van der Waals surface area contributed by atoms with Crippen molar-refractivity contribution in [2.45, 2.75) is 18.9 Å². The van der Waals surface area contributed by atoms with Gasteiger partial charge >= 0.3 is 0 Å². The number of aromatic nitrogens is 1. The second-order valence-corrected chi connectivity index (χ2v) is 5.40. The van der Waals surface area contributed by atoms with Crippen LogP contribution in [0.5, 0.6) is 0 Å². The maximum Gasteiger partial charge on any atom is 0.191 e. The highest BCUT2D eigenvalue weighted by atomic mass is 127. The van der Waals surface area contributed by atoms with E-state index in [1.54, 1.807) is 0 Å². The number of nitrogens with one attached hydrogen (secondary N) is 1. The van der Waals surface area contributed by atoms with Gasteiger partial charge in [0.25, 0.3) is 0 Å². The van der Waals surface area contributed by atoms with E-state index in [-0.39, 0.29) is 24.0 Å². The van der Waals surface area contributed by atoms with Crippen LogP contribution in [-0.2, 0) is 0 Å². The Morgan fingerprint density at radius 3 is 2.86 bits per heavy atom. The van der Waals surface area contributed by atoms with E-state index < -0.39 is 0 Å². The molecular formula is C16H22IN5. The van der Waals surface area contributed by atoms with Crippen LogP contribution in [0.3, 0.4) is 0 Å². The number of nitrogens with zero attached hydrogens (tertiary/aromatic N) is 3. The van der Waals surface area contributed by atoms with Crippen LogP contribution in [0.4, 0.5) is 5.82 Å². The van der Waals surface area contributed by atoms with E-state index >= 15 is 0 Å². The van der Waals surface area contributed by atoms with Gasteiger partial charge in [0.2, 0.25) is 0 Å². The Labute approximate surface area is 148 Å². The fourth-order valence-corrected chi connectivity index (χ4v) is 2.28. The van der Waals surface area contributed by atoms with Crippen LogP contribution in [0.15, 0.2) is 41.4 Å². The number of nitrogens with two attached hydrogens (primary N) is 1. The Morgan fingerprint density at radius 2 is 2.09 bits per heavy atom. The molecule has 0 atom stereocenters. The highest BCUT2D eigenvalue weighted by Gasteiger charge is 2.27. The predicted octanol–water partition coefficient (Wildman–Crippen LogP) is 2.67. The molecule has 6 heteroatoms. The molecule has 0 unspecified atom stereocenters. The minimum absolute atomic E-state index is 0. The summed E-state index contributed by atoms with van der Waals surface area (Å²) in [5.74, 6) is 1.50. The molecule has 1 aromatic carbocycles. The highest BCUT2D eigenvalue weighted by Crippen LogP contribution is 2.24. The summed E-state index contributed by atoms with van der Waals surface area (Å²) in [6.07, 6.45) is 2.46. The van der Waals surface area contributed by atoms with E-state index in [2.05, 4.69) is 32.3 Å². The molecule has 0 bridgehead atoms. The third kappa shape index (κ3) is 4.22. The third-order valence-electron chi connectivity index (χ3n) is 3.75. The van der Waals surface area contributed by atoms with Crippen molar-refractivity contribution in [2.24, 2.45) is 10.7 Å². The number of hydrogen-bond acceptors (Lipinski definition) is 3. The maximum absolute atomic E-state index is 5.94. The first-order chi connectivity index (χ1) is 10.2. The zero-order chi connectivity index (χ0) is 14.7. The lowest BCUT2D eigenvalue weighted by Gasteiger charge is -2.16. The van der Waals surface area contributed by atoms with Gasteiger partial charge in [0.15, 0.2) is 5.96 Å².